The van der Waals surface area contributed by atoms with Crippen LogP contribution in [0, 0.1) is 6.92 Å². The fraction of sp³-hybridized carbons (Fsp3) is 0.105. The lowest BCUT2D eigenvalue weighted by Crippen LogP contribution is -1.86. The summed E-state index contributed by atoms with van der Waals surface area (Å²) < 4.78 is 2.27. The van der Waals surface area contributed by atoms with Crippen LogP contribution in [0.3, 0.4) is 0 Å². The predicted molar refractivity (Wildman–Crippen MR) is 88.4 cm³/mol. The van der Waals surface area contributed by atoms with Crippen molar-refractivity contribution < 1.29 is 0 Å². The Bertz CT molecular complexity index is 950. The van der Waals surface area contributed by atoms with Gasteiger partial charge in [-0.1, -0.05) is 18.2 Å². The zero-order chi connectivity index (χ0) is 14.4. The van der Waals surface area contributed by atoms with Crippen LogP contribution in [-0.4, -0.2) is 9.55 Å². The van der Waals surface area contributed by atoms with Crippen LogP contribution in [0.15, 0.2) is 60.9 Å². The van der Waals surface area contributed by atoms with Crippen molar-refractivity contribution in [3.63, 3.8) is 0 Å². The van der Waals surface area contributed by atoms with Crippen LogP contribution in [0.5, 0.6) is 0 Å². The van der Waals surface area contributed by atoms with E-state index in [1.807, 2.05) is 12.4 Å². The fourth-order valence-electron chi connectivity index (χ4n) is 3.04. The Hall–Kier alpha value is -2.61. The Balaban J connectivity index is 2.06. The molecule has 2 heterocycles. The van der Waals surface area contributed by atoms with Gasteiger partial charge >= 0.3 is 0 Å². The molecule has 0 radical (unpaired) electrons. The van der Waals surface area contributed by atoms with Gasteiger partial charge in [0.05, 0.1) is 0 Å². The van der Waals surface area contributed by atoms with Gasteiger partial charge in [-0.25, -0.2) is 0 Å². The zero-order valence-corrected chi connectivity index (χ0v) is 12.2. The van der Waals surface area contributed by atoms with E-state index in [9.17, 15) is 0 Å². The molecule has 0 aliphatic carbocycles. The van der Waals surface area contributed by atoms with Gasteiger partial charge in [0.1, 0.15) is 0 Å². The number of aromatic nitrogens is 2. The molecule has 2 aromatic carbocycles. The molecule has 0 amide bonds. The first-order chi connectivity index (χ1) is 10.2. The zero-order valence-electron chi connectivity index (χ0n) is 12.2. The average Bonchev–Trinajstić information content (AvgIpc) is 2.80. The Morgan fingerprint density at radius 1 is 0.762 bits per heavy atom. The topological polar surface area (TPSA) is 17.8 Å². The summed E-state index contributed by atoms with van der Waals surface area (Å²) in [4.78, 5) is 4.09. The van der Waals surface area contributed by atoms with Crippen LogP contribution in [0.25, 0.3) is 32.9 Å². The normalized spacial score (nSPS) is 11.3. The molecule has 0 fully saturated rings. The Morgan fingerprint density at radius 3 is 2.38 bits per heavy atom. The first kappa shape index (κ1) is 12.2. The summed E-state index contributed by atoms with van der Waals surface area (Å²) in [5, 5.41) is 2.62. The van der Waals surface area contributed by atoms with Crippen LogP contribution in [0.2, 0.25) is 0 Å². The highest BCUT2D eigenvalue weighted by Crippen LogP contribution is 2.32. The van der Waals surface area contributed by atoms with Gasteiger partial charge in [0, 0.05) is 41.2 Å². The van der Waals surface area contributed by atoms with Crippen LogP contribution in [0.4, 0.5) is 0 Å². The van der Waals surface area contributed by atoms with Crippen LogP contribution in [-0.2, 0) is 7.05 Å². The van der Waals surface area contributed by atoms with E-state index in [0.717, 1.165) is 0 Å². The second kappa shape index (κ2) is 4.45. The van der Waals surface area contributed by atoms with E-state index in [0.29, 0.717) is 0 Å². The highest BCUT2D eigenvalue weighted by molar-refractivity contribution is 6.09. The van der Waals surface area contributed by atoms with Gasteiger partial charge in [0.25, 0.3) is 0 Å². The summed E-state index contributed by atoms with van der Waals surface area (Å²) in [7, 11) is 2.14. The average molecular weight is 272 g/mol. The lowest BCUT2D eigenvalue weighted by Gasteiger charge is -2.02. The molecule has 0 atom stereocenters. The third-order valence-electron chi connectivity index (χ3n) is 4.18. The van der Waals surface area contributed by atoms with Crippen molar-refractivity contribution in [1.82, 2.24) is 9.55 Å². The largest absolute Gasteiger partial charge is 0.344 e. The van der Waals surface area contributed by atoms with E-state index in [2.05, 4.69) is 72.1 Å². The monoisotopic (exact) mass is 272 g/mol. The standard InChI is InChI=1S/C19H16N2/c1-13-3-5-16-17-12-15(14-7-9-20-10-8-14)4-6-18(17)21(2)19(16)11-13/h3-12H,1-2H3. The molecule has 21 heavy (non-hydrogen) atoms. The molecule has 2 aromatic heterocycles. The second-order valence-electron chi connectivity index (χ2n) is 5.55. The van der Waals surface area contributed by atoms with E-state index in [4.69, 9.17) is 0 Å². The highest BCUT2D eigenvalue weighted by atomic mass is 14.9. The minimum Gasteiger partial charge on any atom is -0.344 e. The number of rotatable bonds is 1. The van der Waals surface area contributed by atoms with Gasteiger partial charge in [-0.15, -0.1) is 0 Å². The summed E-state index contributed by atoms with van der Waals surface area (Å²) in [6.45, 7) is 2.14. The maximum absolute atomic E-state index is 4.09. The Kier molecular flexibility index (Phi) is 2.58. The minimum absolute atomic E-state index is 1.20. The van der Waals surface area contributed by atoms with Crippen LogP contribution < -0.4 is 0 Å². The SMILES string of the molecule is Cc1ccc2c3cc(-c4ccncc4)ccc3n(C)c2c1. The molecule has 2 heteroatoms. The third-order valence-corrected chi connectivity index (χ3v) is 4.18. The molecule has 0 saturated carbocycles. The Labute approximate surface area is 123 Å². The number of hydrogen-bond donors (Lipinski definition) is 0. The van der Waals surface area contributed by atoms with E-state index >= 15 is 0 Å². The number of pyridine rings is 1. The van der Waals surface area contributed by atoms with E-state index in [1.165, 1.54) is 38.5 Å². The minimum atomic E-state index is 1.20. The Morgan fingerprint density at radius 2 is 1.57 bits per heavy atom. The van der Waals surface area contributed by atoms with Crippen molar-refractivity contribution in [1.29, 1.82) is 0 Å². The third kappa shape index (κ3) is 1.83. The molecule has 0 N–H and O–H groups in total. The number of aryl methyl sites for hydroxylation is 2. The molecular weight excluding hydrogens is 256 g/mol. The van der Waals surface area contributed by atoms with Gasteiger partial charge in [-0.05, 0) is 53.9 Å². The predicted octanol–water partition coefficient (Wildman–Crippen LogP) is 4.70. The molecule has 102 valence electrons. The van der Waals surface area contributed by atoms with Crippen molar-refractivity contribution in [2.75, 3.05) is 0 Å². The van der Waals surface area contributed by atoms with Crippen LogP contribution in [0.1, 0.15) is 5.56 Å². The van der Waals surface area contributed by atoms with Gasteiger partial charge in [0.15, 0.2) is 0 Å². The summed E-state index contributed by atoms with van der Waals surface area (Å²) in [5.41, 5.74) is 6.29. The molecule has 2 nitrogen and oxygen atoms in total. The second-order valence-corrected chi connectivity index (χ2v) is 5.55. The first-order valence-corrected chi connectivity index (χ1v) is 7.13. The molecule has 4 aromatic rings. The maximum Gasteiger partial charge on any atom is 0.0491 e. The number of hydrogen-bond acceptors (Lipinski definition) is 1. The van der Waals surface area contributed by atoms with E-state index < -0.39 is 0 Å². The lowest BCUT2D eigenvalue weighted by molar-refractivity contribution is 1.01. The van der Waals surface area contributed by atoms with Crippen molar-refractivity contribution >= 4 is 21.8 Å². The molecule has 4 rings (SSSR count). The van der Waals surface area contributed by atoms with Gasteiger partial charge < -0.3 is 4.57 Å². The van der Waals surface area contributed by atoms with Crippen molar-refractivity contribution in [2.45, 2.75) is 6.92 Å². The smallest absolute Gasteiger partial charge is 0.0491 e. The highest BCUT2D eigenvalue weighted by Gasteiger charge is 2.09. The quantitative estimate of drug-likeness (QED) is 0.491. The summed E-state index contributed by atoms with van der Waals surface area (Å²) in [6, 6.07) is 17.4. The molecule has 0 saturated heterocycles. The maximum atomic E-state index is 4.09. The van der Waals surface area contributed by atoms with E-state index in [1.54, 1.807) is 0 Å². The summed E-state index contributed by atoms with van der Waals surface area (Å²) in [6.07, 6.45) is 3.68. The number of nitrogens with zero attached hydrogens (tertiary/aromatic N) is 2. The van der Waals surface area contributed by atoms with Crippen molar-refractivity contribution in [3.8, 4) is 11.1 Å². The molecule has 0 spiro atoms. The summed E-state index contributed by atoms with van der Waals surface area (Å²) in [5.74, 6) is 0. The van der Waals surface area contributed by atoms with Gasteiger partial charge in [-0.3, -0.25) is 4.98 Å². The van der Waals surface area contributed by atoms with Crippen LogP contribution >= 0.6 is 0 Å². The van der Waals surface area contributed by atoms with Gasteiger partial charge in [-0.2, -0.15) is 0 Å². The molecular formula is C19H16N2. The van der Waals surface area contributed by atoms with Crippen molar-refractivity contribution in [2.24, 2.45) is 7.05 Å². The molecule has 0 aliphatic heterocycles. The first-order valence-electron chi connectivity index (χ1n) is 7.13. The fourth-order valence-corrected chi connectivity index (χ4v) is 3.04. The lowest BCUT2D eigenvalue weighted by atomic mass is 10.0. The van der Waals surface area contributed by atoms with Gasteiger partial charge in [0.2, 0.25) is 0 Å². The molecule has 0 unspecified atom stereocenters. The van der Waals surface area contributed by atoms with E-state index in [-0.39, 0.29) is 0 Å². The molecule has 0 aliphatic rings. The number of fused-ring (bicyclic) bond motifs is 3. The van der Waals surface area contributed by atoms with Crippen molar-refractivity contribution in [3.05, 3.63) is 66.5 Å². The molecule has 0 bridgehead atoms. The number of benzene rings is 2. The summed E-state index contributed by atoms with van der Waals surface area (Å²) >= 11 is 0.